The number of rotatable bonds is 2. The highest BCUT2D eigenvalue weighted by molar-refractivity contribution is 6.38. The van der Waals surface area contributed by atoms with Crippen molar-refractivity contribution >= 4 is 29.6 Å². The first-order valence-corrected chi connectivity index (χ1v) is 6.96. The van der Waals surface area contributed by atoms with E-state index >= 15 is 0 Å². The van der Waals surface area contributed by atoms with Crippen LogP contribution in [0.15, 0.2) is 16.4 Å². The molecule has 2 aliphatic heterocycles. The van der Waals surface area contributed by atoms with Gasteiger partial charge in [0.1, 0.15) is 5.70 Å². The van der Waals surface area contributed by atoms with Crippen molar-refractivity contribution in [3.8, 4) is 0 Å². The lowest BCUT2D eigenvalue weighted by Gasteiger charge is -2.34. The maximum absolute atomic E-state index is 11.9. The summed E-state index contributed by atoms with van der Waals surface area (Å²) < 4.78 is 14.0. The molecular formula is C14H14N2O7. The average Bonchev–Trinajstić information content (AvgIpc) is 2.84. The second-order valence-corrected chi connectivity index (χ2v) is 5.44. The second-order valence-electron chi connectivity index (χ2n) is 5.44. The first-order chi connectivity index (χ1) is 11.0. The van der Waals surface area contributed by atoms with Crippen LogP contribution in [0.4, 0.5) is 0 Å². The van der Waals surface area contributed by atoms with E-state index in [-0.39, 0.29) is 24.3 Å². The summed E-state index contributed by atoms with van der Waals surface area (Å²) in [6, 6.07) is 0. The summed E-state index contributed by atoms with van der Waals surface area (Å²) in [7, 11) is 2.42. The lowest BCUT2D eigenvalue weighted by atomic mass is 9.69. The maximum Gasteiger partial charge on any atom is 0.355 e. The summed E-state index contributed by atoms with van der Waals surface area (Å²) >= 11 is 0. The van der Waals surface area contributed by atoms with Crippen LogP contribution in [0.1, 0.15) is 12.8 Å². The van der Waals surface area contributed by atoms with Gasteiger partial charge in [-0.25, -0.2) is 9.59 Å². The molecule has 2 heterocycles. The third-order valence-corrected chi connectivity index (χ3v) is 4.37. The molecule has 9 heteroatoms. The maximum atomic E-state index is 11.9. The standard InChI is InChI=1S/C14H14N2O7/c1-21-13(19)9-5-3-7-8(12(18)23-11(7)17)4-6(5)10(16-15-9)14(20)22-2/h5,7-8,16H,3-4H2,1-2H3. The number of methoxy groups -OCH3 is 2. The van der Waals surface area contributed by atoms with Crippen LogP contribution in [0, 0.1) is 17.8 Å². The van der Waals surface area contributed by atoms with Crippen molar-refractivity contribution in [3.63, 3.8) is 0 Å². The van der Waals surface area contributed by atoms with E-state index in [1.54, 1.807) is 0 Å². The molecule has 9 nitrogen and oxygen atoms in total. The van der Waals surface area contributed by atoms with Gasteiger partial charge in [-0.15, -0.1) is 0 Å². The minimum Gasteiger partial charge on any atom is -0.464 e. The highest BCUT2D eigenvalue weighted by Crippen LogP contribution is 2.45. The van der Waals surface area contributed by atoms with Crippen LogP contribution in [-0.2, 0) is 33.4 Å². The summed E-state index contributed by atoms with van der Waals surface area (Å²) in [5, 5.41) is 3.89. The van der Waals surface area contributed by atoms with Gasteiger partial charge in [0.25, 0.3) is 0 Å². The third kappa shape index (κ3) is 2.28. The lowest BCUT2D eigenvalue weighted by molar-refractivity contribution is -0.154. The SMILES string of the molecule is COC(=O)C1=NNC(C(=O)OC)=C2CC3C(=O)OC(=O)C3CC12. The molecule has 3 aliphatic rings. The Labute approximate surface area is 130 Å². The van der Waals surface area contributed by atoms with Crippen molar-refractivity contribution in [2.45, 2.75) is 12.8 Å². The van der Waals surface area contributed by atoms with Gasteiger partial charge in [-0.3, -0.25) is 15.0 Å². The van der Waals surface area contributed by atoms with Crippen LogP contribution in [0.25, 0.3) is 0 Å². The lowest BCUT2D eigenvalue weighted by Crippen LogP contribution is -2.42. The number of nitrogens with one attached hydrogen (secondary N) is 1. The number of allylic oxidation sites excluding steroid dienone is 1. The summed E-state index contributed by atoms with van der Waals surface area (Å²) in [5.41, 5.74) is 3.13. The Hall–Kier alpha value is -2.71. The fourth-order valence-electron chi connectivity index (χ4n) is 3.23. The average molecular weight is 322 g/mol. The highest BCUT2D eigenvalue weighted by atomic mass is 16.6. The van der Waals surface area contributed by atoms with Crippen molar-refractivity contribution in [2.24, 2.45) is 22.9 Å². The van der Waals surface area contributed by atoms with Gasteiger partial charge < -0.3 is 14.2 Å². The number of esters is 4. The van der Waals surface area contributed by atoms with Gasteiger partial charge in [0, 0.05) is 5.92 Å². The number of cyclic esters (lactones) is 2. The zero-order valence-corrected chi connectivity index (χ0v) is 12.5. The van der Waals surface area contributed by atoms with Crippen molar-refractivity contribution in [1.82, 2.24) is 5.43 Å². The number of carbonyl (C=O) groups excluding carboxylic acids is 4. The monoisotopic (exact) mass is 322 g/mol. The molecule has 0 aromatic rings. The minimum absolute atomic E-state index is 0.0563. The van der Waals surface area contributed by atoms with Crippen LogP contribution in [0.3, 0.4) is 0 Å². The molecule has 0 radical (unpaired) electrons. The fraction of sp³-hybridized carbons (Fsp3) is 0.500. The van der Waals surface area contributed by atoms with Gasteiger partial charge in [-0.05, 0) is 18.4 Å². The fourth-order valence-corrected chi connectivity index (χ4v) is 3.23. The van der Waals surface area contributed by atoms with E-state index < -0.39 is 41.6 Å². The van der Waals surface area contributed by atoms with Crippen molar-refractivity contribution < 1.29 is 33.4 Å². The minimum atomic E-state index is -0.667. The van der Waals surface area contributed by atoms with Gasteiger partial charge in [-0.2, -0.15) is 5.10 Å². The Morgan fingerprint density at radius 1 is 1.13 bits per heavy atom. The van der Waals surface area contributed by atoms with Gasteiger partial charge >= 0.3 is 23.9 Å². The Morgan fingerprint density at radius 3 is 2.43 bits per heavy atom. The van der Waals surface area contributed by atoms with Crippen LogP contribution in [0.5, 0.6) is 0 Å². The molecule has 1 saturated heterocycles. The Balaban J connectivity index is 2.02. The summed E-state index contributed by atoms with van der Waals surface area (Å²) in [4.78, 5) is 47.4. The number of hydrogen-bond acceptors (Lipinski definition) is 9. The zero-order valence-electron chi connectivity index (χ0n) is 12.5. The number of hydrogen-bond donors (Lipinski definition) is 1. The first-order valence-electron chi connectivity index (χ1n) is 6.96. The smallest absolute Gasteiger partial charge is 0.355 e. The summed E-state index contributed by atoms with van der Waals surface area (Å²) in [6.07, 6.45) is 0.272. The molecule has 122 valence electrons. The molecule has 1 saturated carbocycles. The van der Waals surface area contributed by atoms with Crippen molar-refractivity contribution in [2.75, 3.05) is 14.2 Å². The van der Waals surface area contributed by atoms with E-state index in [1.807, 2.05) is 0 Å². The summed E-state index contributed by atoms with van der Waals surface area (Å²) in [6.45, 7) is 0. The van der Waals surface area contributed by atoms with E-state index in [9.17, 15) is 19.2 Å². The van der Waals surface area contributed by atoms with E-state index in [1.165, 1.54) is 14.2 Å². The largest absolute Gasteiger partial charge is 0.464 e. The molecule has 0 aromatic carbocycles. The number of ether oxygens (including phenoxy) is 3. The summed E-state index contributed by atoms with van der Waals surface area (Å²) in [5.74, 6) is -4.46. The number of fused-ring (bicyclic) bond motifs is 2. The van der Waals surface area contributed by atoms with Gasteiger partial charge in [-0.1, -0.05) is 0 Å². The number of nitrogens with zero attached hydrogens (tertiary/aromatic N) is 1. The highest BCUT2D eigenvalue weighted by Gasteiger charge is 2.52. The van der Waals surface area contributed by atoms with E-state index in [2.05, 4.69) is 20.0 Å². The van der Waals surface area contributed by atoms with Gasteiger partial charge in [0.05, 0.1) is 26.1 Å². The number of carbonyl (C=O) groups is 4. The third-order valence-electron chi connectivity index (χ3n) is 4.37. The molecule has 0 spiro atoms. The van der Waals surface area contributed by atoms with Crippen molar-refractivity contribution in [3.05, 3.63) is 11.3 Å². The molecule has 2 fully saturated rings. The molecule has 1 aliphatic carbocycles. The molecule has 0 bridgehead atoms. The molecule has 3 atom stereocenters. The molecule has 3 unspecified atom stereocenters. The van der Waals surface area contributed by atoms with Gasteiger partial charge in [0.15, 0.2) is 5.71 Å². The van der Waals surface area contributed by atoms with E-state index in [0.29, 0.717) is 5.57 Å². The van der Waals surface area contributed by atoms with Crippen LogP contribution < -0.4 is 5.43 Å². The Bertz CT molecular complexity index is 679. The zero-order chi connectivity index (χ0) is 16.7. The molecule has 0 amide bonds. The van der Waals surface area contributed by atoms with Crippen LogP contribution in [0.2, 0.25) is 0 Å². The Kier molecular flexibility index (Phi) is 3.63. The topological polar surface area (TPSA) is 120 Å². The Morgan fingerprint density at radius 2 is 1.78 bits per heavy atom. The molecule has 23 heavy (non-hydrogen) atoms. The van der Waals surface area contributed by atoms with E-state index in [4.69, 9.17) is 4.74 Å². The van der Waals surface area contributed by atoms with Crippen molar-refractivity contribution in [1.29, 1.82) is 0 Å². The molecule has 1 N–H and O–H groups in total. The predicted molar refractivity (Wildman–Crippen MR) is 72.4 cm³/mol. The predicted octanol–water partition coefficient (Wildman–Crippen LogP) is -0.728. The van der Waals surface area contributed by atoms with Crippen LogP contribution >= 0.6 is 0 Å². The quantitative estimate of drug-likeness (QED) is 0.401. The van der Waals surface area contributed by atoms with Crippen LogP contribution in [-0.4, -0.2) is 43.8 Å². The normalized spacial score (nSPS) is 29.0. The molecule has 0 aromatic heterocycles. The molecular weight excluding hydrogens is 308 g/mol. The van der Waals surface area contributed by atoms with Gasteiger partial charge in [0.2, 0.25) is 0 Å². The van der Waals surface area contributed by atoms with E-state index in [0.717, 1.165) is 0 Å². The number of hydrazone groups is 1. The second kappa shape index (κ2) is 5.49. The first kappa shape index (κ1) is 15.2. The molecule has 3 rings (SSSR count).